The van der Waals surface area contributed by atoms with Crippen molar-refractivity contribution < 1.29 is 19.0 Å². The van der Waals surface area contributed by atoms with Crippen LogP contribution < -0.4 is 4.74 Å². The normalized spacial score (nSPS) is 10.2. The summed E-state index contributed by atoms with van der Waals surface area (Å²) in [5.74, 6) is -2.48. The number of carboxylic acids is 1. The van der Waals surface area contributed by atoms with Gasteiger partial charge in [-0.2, -0.15) is 0 Å². The summed E-state index contributed by atoms with van der Waals surface area (Å²) in [7, 11) is 0. The molecule has 3 nitrogen and oxygen atoms in total. The van der Waals surface area contributed by atoms with E-state index in [2.05, 4.69) is 0 Å². The molecular formula is C14H10ClFO3. The van der Waals surface area contributed by atoms with Crippen LogP contribution in [0.1, 0.15) is 15.9 Å². The number of aromatic carboxylic acids is 1. The number of hydrogen-bond acceptors (Lipinski definition) is 2. The second-order valence-corrected chi connectivity index (χ2v) is 4.28. The lowest BCUT2D eigenvalue weighted by Crippen LogP contribution is -2.04. The number of carbonyl (C=O) groups is 1. The first-order valence-corrected chi connectivity index (χ1v) is 5.85. The first-order valence-electron chi connectivity index (χ1n) is 5.47. The smallest absolute Gasteiger partial charge is 0.338 e. The van der Waals surface area contributed by atoms with Crippen LogP contribution in [0.4, 0.5) is 4.39 Å². The standard InChI is InChI=1S/C14H10ClFO3/c15-10-6-11(14(17)18)13(16)12(7-10)19-8-9-4-2-1-3-5-9/h1-7H,8H2,(H,17,18). The molecule has 0 amide bonds. The molecule has 2 aromatic rings. The molecule has 2 aromatic carbocycles. The predicted molar refractivity (Wildman–Crippen MR) is 69.1 cm³/mol. The van der Waals surface area contributed by atoms with Crippen molar-refractivity contribution >= 4 is 17.6 Å². The van der Waals surface area contributed by atoms with Gasteiger partial charge < -0.3 is 9.84 Å². The summed E-state index contributed by atoms with van der Waals surface area (Å²) in [5.41, 5.74) is 0.342. The van der Waals surface area contributed by atoms with Gasteiger partial charge in [-0.15, -0.1) is 0 Å². The molecule has 0 spiro atoms. The quantitative estimate of drug-likeness (QED) is 0.927. The summed E-state index contributed by atoms with van der Waals surface area (Å²) in [4.78, 5) is 10.8. The minimum absolute atomic E-state index is 0.113. The molecule has 0 unspecified atom stereocenters. The maximum atomic E-state index is 13.8. The zero-order valence-corrected chi connectivity index (χ0v) is 10.5. The van der Waals surface area contributed by atoms with Crippen LogP contribution in [-0.2, 0) is 6.61 Å². The van der Waals surface area contributed by atoms with Gasteiger partial charge in [0.1, 0.15) is 12.2 Å². The summed E-state index contributed by atoms with van der Waals surface area (Å²) in [6, 6.07) is 11.5. The monoisotopic (exact) mass is 280 g/mol. The van der Waals surface area contributed by atoms with Gasteiger partial charge in [0.15, 0.2) is 11.6 Å². The number of ether oxygens (including phenoxy) is 1. The molecule has 0 bridgehead atoms. The topological polar surface area (TPSA) is 46.5 Å². The molecule has 0 aromatic heterocycles. The predicted octanol–water partition coefficient (Wildman–Crippen LogP) is 3.76. The Hall–Kier alpha value is -2.07. The third kappa shape index (κ3) is 3.23. The van der Waals surface area contributed by atoms with E-state index in [-0.39, 0.29) is 17.4 Å². The average Bonchev–Trinajstić information content (AvgIpc) is 2.40. The molecule has 0 saturated heterocycles. The fraction of sp³-hybridized carbons (Fsp3) is 0.0714. The molecule has 0 radical (unpaired) electrons. The fourth-order valence-corrected chi connectivity index (χ4v) is 1.77. The van der Waals surface area contributed by atoms with E-state index in [1.807, 2.05) is 30.3 Å². The lowest BCUT2D eigenvalue weighted by Gasteiger charge is -2.09. The Morgan fingerprint density at radius 1 is 1.26 bits per heavy atom. The second kappa shape index (κ2) is 5.71. The summed E-state index contributed by atoms with van der Waals surface area (Å²) in [6.07, 6.45) is 0. The minimum Gasteiger partial charge on any atom is -0.486 e. The van der Waals surface area contributed by atoms with E-state index < -0.39 is 17.3 Å². The average molecular weight is 281 g/mol. The Morgan fingerprint density at radius 3 is 2.58 bits per heavy atom. The fourth-order valence-electron chi connectivity index (χ4n) is 1.56. The van der Waals surface area contributed by atoms with Crippen LogP contribution in [0.15, 0.2) is 42.5 Å². The van der Waals surface area contributed by atoms with Gasteiger partial charge in [0.25, 0.3) is 0 Å². The van der Waals surface area contributed by atoms with Crippen molar-refractivity contribution in [2.75, 3.05) is 0 Å². The molecule has 0 saturated carbocycles. The van der Waals surface area contributed by atoms with Crippen LogP contribution >= 0.6 is 11.6 Å². The molecule has 1 N–H and O–H groups in total. The van der Waals surface area contributed by atoms with Crippen molar-refractivity contribution in [3.63, 3.8) is 0 Å². The zero-order chi connectivity index (χ0) is 13.8. The van der Waals surface area contributed by atoms with Crippen LogP contribution in [-0.4, -0.2) is 11.1 Å². The lowest BCUT2D eigenvalue weighted by molar-refractivity contribution is 0.0690. The van der Waals surface area contributed by atoms with Gasteiger partial charge in [-0.1, -0.05) is 41.9 Å². The molecule has 0 fully saturated rings. The summed E-state index contributed by atoms with van der Waals surface area (Å²) in [6.45, 7) is 0.136. The summed E-state index contributed by atoms with van der Waals surface area (Å²) in [5, 5.41) is 8.96. The minimum atomic E-state index is -1.38. The van der Waals surface area contributed by atoms with E-state index in [1.165, 1.54) is 6.07 Å². The number of hydrogen-bond donors (Lipinski definition) is 1. The number of carboxylic acid groups (broad SMARTS) is 1. The highest BCUT2D eigenvalue weighted by molar-refractivity contribution is 6.31. The van der Waals surface area contributed by atoms with E-state index in [9.17, 15) is 9.18 Å². The maximum Gasteiger partial charge on any atom is 0.338 e. The first-order chi connectivity index (χ1) is 9.08. The van der Waals surface area contributed by atoms with Crippen LogP contribution in [0.2, 0.25) is 5.02 Å². The third-order valence-electron chi connectivity index (χ3n) is 2.47. The van der Waals surface area contributed by atoms with Crippen molar-refractivity contribution in [2.45, 2.75) is 6.61 Å². The maximum absolute atomic E-state index is 13.8. The molecule has 19 heavy (non-hydrogen) atoms. The molecular weight excluding hydrogens is 271 g/mol. The molecule has 0 aliphatic rings. The highest BCUT2D eigenvalue weighted by atomic mass is 35.5. The van der Waals surface area contributed by atoms with E-state index >= 15 is 0 Å². The Kier molecular flexibility index (Phi) is 4.02. The highest BCUT2D eigenvalue weighted by Gasteiger charge is 2.17. The molecule has 98 valence electrons. The van der Waals surface area contributed by atoms with E-state index in [1.54, 1.807) is 0 Å². The Morgan fingerprint density at radius 2 is 1.95 bits per heavy atom. The van der Waals surface area contributed by atoms with Gasteiger partial charge in [-0.25, -0.2) is 9.18 Å². The van der Waals surface area contributed by atoms with Crippen molar-refractivity contribution in [1.29, 1.82) is 0 Å². The van der Waals surface area contributed by atoms with E-state index in [0.29, 0.717) is 0 Å². The largest absolute Gasteiger partial charge is 0.486 e. The van der Waals surface area contributed by atoms with E-state index in [0.717, 1.165) is 11.6 Å². The number of rotatable bonds is 4. The van der Waals surface area contributed by atoms with Crippen molar-refractivity contribution in [2.24, 2.45) is 0 Å². The Labute approximate surface area is 114 Å². The third-order valence-corrected chi connectivity index (χ3v) is 2.69. The van der Waals surface area contributed by atoms with Gasteiger partial charge in [0.2, 0.25) is 0 Å². The van der Waals surface area contributed by atoms with Gasteiger partial charge in [-0.05, 0) is 11.6 Å². The summed E-state index contributed by atoms with van der Waals surface area (Å²) < 4.78 is 19.1. The van der Waals surface area contributed by atoms with Gasteiger partial charge in [0, 0.05) is 11.1 Å². The first kappa shape index (κ1) is 13.4. The molecule has 0 aliphatic heterocycles. The van der Waals surface area contributed by atoms with Gasteiger partial charge >= 0.3 is 5.97 Å². The second-order valence-electron chi connectivity index (χ2n) is 3.84. The number of halogens is 2. The molecule has 0 heterocycles. The van der Waals surface area contributed by atoms with Crippen LogP contribution in [0, 0.1) is 5.82 Å². The molecule has 2 rings (SSSR count). The summed E-state index contributed by atoms with van der Waals surface area (Å²) >= 11 is 5.74. The van der Waals surface area contributed by atoms with Crippen LogP contribution in [0.25, 0.3) is 0 Å². The van der Waals surface area contributed by atoms with Crippen molar-refractivity contribution in [1.82, 2.24) is 0 Å². The van der Waals surface area contributed by atoms with Crippen molar-refractivity contribution in [3.05, 3.63) is 64.4 Å². The van der Waals surface area contributed by atoms with Crippen molar-refractivity contribution in [3.8, 4) is 5.75 Å². The zero-order valence-electron chi connectivity index (χ0n) is 9.77. The Bertz CT molecular complexity index is 599. The van der Waals surface area contributed by atoms with Crippen LogP contribution in [0.5, 0.6) is 5.75 Å². The van der Waals surface area contributed by atoms with Crippen LogP contribution in [0.3, 0.4) is 0 Å². The molecule has 0 atom stereocenters. The van der Waals surface area contributed by atoms with Gasteiger partial charge in [0.05, 0.1) is 0 Å². The number of benzene rings is 2. The lowest BCUT2D eigenvalue weighted by atomic mass is 10.2. The Balaban J connectivity index is 2.23. The van der Waals surface area contributed by atoms with E-state index in [4.69, 9.17) is 21.4 Å². The highest BCUT2D eigenvalue weighted by Crippen LogP contribution is 2.26. The molecule has 5 heteroatoms. The molecule has 0 aliphatic carbocycles. The SMILES string of the molecule is O=C(O)c1cc(Cl)cc(OCc2ccccc2)c1F. The van der Waals surface area contributed by atoms with Gasteiger partial charge in [-0.3, -0.25) is 0 Å².